The quantitative estimate of drug-likeness (QED) is 0.917. The summed E-state index contributed by atoms with van der Waals surface area (Å²) in [5.41, 5.74) is 11.1. The van der Waals surface area contributed by atoms with Gasteiger partial charge in [-0.15, -0.1) is 0 Å². The lowest BCUT2D eigenvalue weighted by molar-refractivity contribution is 0.495. The van der Waals surface area contributed by atoms with Crippen LogP contribution in [0.2, 0.25) is 0 Å². The highest BCUT2D eigenvalue weighted by atomic mass is 15.1. The number of nitrogens with two attached hydrogens (primary N) is 1. The molecule has 0 bridgehead atoms. The first kappa shape index (κ1) is 14.6. The zero-order valence-electron chi connectivity index (χ0n) is 12.9. The summed E-state index contributed by atoms with van der Waals surface area (Å²) < 4.78 is 0. The highest BCUT2D eigenvalue weighted by Crippen LogP contribution is 2.24. The number of aryl methyl sites for hydroxylation is 2. The molecule has 0 radical (unpaired) electrons. The van der Waals surface area contributed by atoms with Crippen LogP contribution in [0.15, 0.2) is 48.5 Å². The van der Waals surface area contributed by atoms with Crippen molar-refractivity contribution in [3.63, 3.8) is 0 Å². The number of hydrogen-bond donors (Lipinski definition) is 1. The number of benzene rings is 2. The van der Waals surface area contributed by atoms with Crippen molar-refractivity contribution in [2.45, 2.75) is 26.3 Å². The van der Waals surface area contributed by atoms with E-state index in [1.54, 1.807) is 0 Å². The SMILES string of the molecule is Cc1ccc(N(C)CC(C)(N)c2ccccc2)c(C)c1. The van der Waals surface area contributed by atoms with Crippen molar-refractivity contribution in [3.8, 4) is 0 Å². The Balaban J connectivity index is 2.20. The summed E-state index contributed by atoms with van der Waals surface area (Å²) in [4.78, 5) is 2.24. The predicted molar refractivity (Wildman–Crippen MR) is 87.2 cm³/mol. The Kier molecular flexibility index (Phi) is 4.15. The van der Waals surface area contributed by atoms with Crippen molar-refractivity contribution in [3.05, 3.63) is 65.2 Å². The molecule has 0 amide bonds. The normalized spacial score (nSPS) is 13.8. The summed E-state index contributed by atoms with van der Waals surface area (Å²) in [5, 5.41) is 0. The number of nitrogens with zero attached hydrogens (tertiary/aromatic N) is 1. The van der Waals surface area contributed by atoms with Crippen molar-refractivity contribution in [2.24, 2.45) is 5.73 Å². The zero-order chi connectivity index (χ0) is 14.8. The first-order chi connectivity index (χ1) is 9.40. The Hall–Kier alpha value is -1.80. The molecule has 1 atom stereocenters. The second-order valence-corrected chi connectivity index (χ2v) is 5.93. The van der Waals surface area contributed by atoms with Crippen molar-refractivity contribution >= 4 is 5.69 Å². The minimum Gasteiger partial charge on any atom is -0.372 e. The van der Waals surface area contributed by atoms with Gasteiger partial charge in [-0.3, -0.25) is 0 Å². The van der Waals surface area contributed by atoms with Gasteiger partial charge < -0.3 is 10.6 Å². The van der Waals surface area contributed by atoms with E-state index in [4.69, 9.17) is 5.73 Å². The Labute approximate surface area is 122 Å². The van der Waals surface area contributed by atoms with Gasteiger partial charge in [-0.1, -0.05) is 48.0 Å². The lowest BCUT2D eigenvalue weighted by Crippen LogP contribution is -2.44. The van der Waals surface area contributed by atoms with Crippen molar-refractivity contribution in [1.82, 2.24) is 0 Å². The third-order valence-electron chi connectivity index (χ3n) is 3.76. The Morgan fingerprint density at radius 1 is 1.05 bits per heavy atom. The molecule has 2 N–H and O–H groups in total. The summed E-state index contributed by atoms with van der Waals surface area (Å²) in [6.07, 6.45) is 0. The summed E-state index contributed by atoms with van der Waals surface area (Å²) in [5.74, 6) is 0. The van der Waals surface area contributed by atoms with Gasteiger partial charge in [0.1, 0.15) is 0 Å². The summed E-state index contributed by atoms with van der Waals surface area (Å²) in [6.45, 7) is 7.13. The van der Waals surface area contributed by atoms with Crippen LogP contribution in [-0.4, -0.2) is 13.6 Å². The molecule has 0 saturated carbocycles. The molecular formula is C18H24N2. The van der Waals surface area contributed by atoms with E-state index in [1.807, 2.05) is 18.2 Å². The highest BCUT2D eigenvalue weighted by molar-refractivity contribution is 5.54. The minimum atomic E-state index is -0.368. The second kappa shape index (κ2) is 5.68. The molecule has 106 valence electrons. The Morgan fingerprint density at radius 2 is 1.70 bits per heavy atom. The van der Waals surface area contributed by atoms with E-state index in [0.717, 1.165) is 12.1 Å². The second-order valence-electron chi connectivity index (χ2n) is 5.93. The maximum absolute atomic E-state index is 6.51. The smallest absolute Gasteiger partial charge is 0.0558 e. The average molecular weight is 268 g/mol. The maximum Gasteiger partial charge on any atom is 0.0558 e. The zero-order valence-corrected chi connectivity index (χ0v) is 12.9. The molecule has 20 heavy (non-hydrogen) atoms. The molecule has 0 heterocycles. The average Bonchev–Trinajstić information content (AvgIpc) is 2.39. The van der Waals surface area contributed by atoms with Gasteiger partial charge in [-0.2, -0.15) is 0 Å². The monoisotopic (exact) mass is 268 g/mol. The van der Waals surface area contributed by atoms with Crippen LogP contribution in [0.1, 0.15) is 23.6 Å². The molecule has 2 nitrogen and oxygen atoms in total. The number of hydrogen-bond acceptors (Lipinski definition) is 2. The van der Waals surface area contributed by atoms with Crippen LogP contribution in [-0.2, 0) is 5.54 Å². The van der Waals surface area contributed by atoms with Gasteiger partial charge >= 0.3 is 0 Å². The molecule has 0 aliphatic rings. The van der Waals surface area contributed by atoms with Crippen molar-refractivity contribution in [1.29, 1.82) is 0 Å². The van der Waals surface area contributed by atoms with Gasteiger partial charge in [-0.25, -0.2) is 0 Å². The Bertz CT molecular complexity index is 573. The molecule has 0 spiro atoms. The van der Waals surface area contributed by atoms with E-state index in [2.05, 4.69) is 63.1 Å². The molecule has 2 rings (SSSR count). The van der Waals surface area contributed by atoms with Crippen LogP contribution in [0.4, 0.5) is 5.69 Å². The molecular weight excluding hydrogens is 244 g/mol. The molecule has 0 saturated heterocycles. The van der Waals surface area contributed by atoms with Gasteiger partial charge in [0, 0.05) is 19.3 Å². The van der Waals surface area contributed by atoms with Gasteiger partial charge in [-0.05, 0) is 38.0 Å². The fraction of sp³-hybridized carbons (Fsp3) is 0.333. The van der Waals surface area contributed by atoms with Crippen LogP contribution in [0.5, 0.6) is 0 Å². The number of anilines is 1. The summed E-state index contributed by atoms with van der Waals surface area (Å²) >= 11 is 0. The van der Waals surface area contributed by atoms with Gasteiger partial charge in [0.05, 0.1) is 5.54 Å². The van der Waals surface area contributed by atoms with Crippen LogP contribution in [0.3, 0.4) is 0 Å². The van der Waals surface area contributed by atoms with Crippen LogP contribution in [0.25, 0.3) is 0 Å². The van der Waals surface area contributed by atoms with E-state index in [-0.39, 0.29) is 5.54 Å². The molecule has 0 aliphatic carbocycles. The van der Waals surface area contributed by atoms with E-state index in [9.17, 15) is 0 Å². The number of rotatable bonds is 4. The lowest BCUT2D eigenvalue weighted by Gasteiger charge is -2.32. The van der Waals surface area contributed by atoms with Crippen molar-refractivity contribution in [2.75, 3.05) is 18.5 Å². The summed E-state index contributed by atoms with van der Waals surface area (Å²) in [7, 11) is 2.10. The largest absolute Gasteiger partial charge is 0.372 e. The maximum atomic E-state index is 6.51. The molecule has 0 aromatic heterocycles. The van der Waals surface area contributed by atoms with Crippen molar-refractivity contribution < 1.29 is 0 Å². The molecule has 1 unspecified atom stereocenters. The highest BCUT2D eigenvalue weighted by Gasteiger charge is 2.23. The van der Waals surface area contributed by atoms with E-state index < -0.39 is 0 Å². The topological polar surface area (TPSA) is 29.3 Å². The molecule has 0 aliphatic heterocycles. The van der Waals surface area contributed by atoms with Crippen LogP contribution < -0.4 is 10.6 Å². The standard InChI is InChI=1S/C18H24N2/c1-14-10-11-17(15(2)12-14)20(4)13-18(3,19)16-8-6-5-7-9-16/h5-12H,13,19H2,1-4H3. The number of likely N-dealkylation sites (N-methyl/N-ethyl adjacent to an activating group) is 1. The van der Waals surface area contributed by atoms with Crippen LogP contribution in [0, 0.1) is 13.8 Å². The fourth-order valence-corrected chi connectivity index (χ4v) is 2.72. The van der Waals surface area contributed by atoms with Gasteiger partial charge in [0.25, 0.3) is 0 Å². The molecule has 2 heteroatoms. The third kappa shape index (κ3) is 3.20. The Morgan fingerprint density at radius 3 is 2.30 bits per heavy atom. The van der Waals surface area contributed by atoms with E-state index in [0.29, 0.717) is 0 Å². The molecule has 2 aromatic rings. The minimum absolute atomic E-state index is 0.368. The molecule has 0 fully saturated rings. The van der Waals surface area contributed by atoms with Gasteiger partial charge in [0.2, 0.25) is 0 Å². The third-order valence-corrected chi connectivity index (χ3v) is 3.76. The first-order valence-electron chi connectivity index (χ1n) is 7.03. The van der Waals surface area contributed by atoms with Crippen LogP contribution >= 0.6 is 0 Å². The van der Waals surface area contributed by atoms with Gasteiger partial charge in [0.15, 0.2) is 0 Å². The predicted octanol–water partition coefficient (Wildman–Crippen LogP) is 3.61. The molecule has 2 aromatic carbocycles. The van der Waals surface area contributed by atoms with E-state index >= 15 is 0 Å². The summed E-state index contributed by atoms with van der Waals surface area (Å²) in [6, 6.07) is 16.8. The lowest BCUT2D eigenvalue weighted by atomic mass is 9.92. The van der Waals surface area contributed by atoms with E-state index in [1.165, 1.54) is 16.8 Å². The fourth-order valence-electron chi connectivity index (χ4n) is 2.72. The first-order valence-corrected chi connectivity index (χ1v) is 7.03.